The lowest BCUT2D eigenvalue weighted by Gasteiger charge is -2.27. The predicted octanol–water partition coefficient (Wildman–Crippen LogP) is 1.85. The molecule has 3 heterocycles. The molecule has 0 saturated carbocycles. The minimum atomic E-state index is -0.107. The minimum Gasteiger partial charge on any atom is -0.469 e. The third-order valence-electron chi connectivity index (χ3n) is 5.81. The molecule has 6 nitrogen and oxygen atoms in total. The summed E-state index contributed by atoms with van der Waals surface area (Å²) in [6.07, 6.45) is 3.68. The number of thiophene rings is 1. The van der Waals surface area contributed by atoms with Gasteiger partial charge in [0.1, 0.15) is 11.4 Å². The second kappa shape index (κ2) is 8.52. The van der Waals surface area contributed by atoms with E-state index in [0.29, 0.717) is 12.5 Å². The number of carbonyl (C=O) groups is 1. The molecule has 2 aromatic heterocycles. The summed E-state index contributed by atoms with van der Waals surface area (Å²) in [5.41, 5.74) is 1.15. The van der Waals surface area contributed by atoms with Crippen LogP contribution >= 0.6 is 11.3 Å². The molecule has 1 atom stereocenters. The highest BCUT2D eigenvalue weighted by atomic mass is 32.1. The van der Waals surface area contributed by atoms with Crippen molar-refractivity contribution in [1.29, 1.82) is 0 Å². The van der Waals surface area contributed by atoms with Crippen molar-refractivity contribution >= 4 is 27.5 Å². The van der Waals surface area contributed by atoms with E-state index in [9.17, 15) is 9.59 Å². The standard InChI is InChI=1S/C20H29N3O3S/c1-5-12(2)10-15-13(3)27-19-17(15)18(24)21-16(22-19)11-23-8-6-14(7-9-23)20(25)26-4/h12,14H,5-11H2,1-4H3,(H,21,22,24)/p+1/t12-/m1/s1. The lowest BCUT2D eigenvalue weighted by Crippen LogP contribution is -3.12. The molecule has 0 radical (unpaired) electrons. The molecule has 1 saturated heterocycles. The SMILES string of the molecule is CC[C@@H](C)Cc1c(C)sc2nc(C[NH+]3CCC(C(=O)OC)CC3)[nH]c(=O)c12. The van der Waals surface area contributed by atoms with Crippen LogP contribution in [0.15, 0.2) is 4.79 Å². The van der Waals surface area contributed by atoms with Crippen LogP contribution in [0.5, 0.6) is 0 Å². The zero-order chi connectivity index (χ0) is 19.6. The highest BCUT2D eigenvalue weighted by molar-refractivity contribution is 7.18. The van der Waals surface area contributed by atoms with Crippen LogP contribution < -0.4 is 10.5 Å². The van der Waals surface area contributed by atoms with E-state index in [1.54, 1.807) is 11.3 Å². The van der Waals surface area contributed by atoms with Crippen molar-refractivity contribution in [3.8, 4) is 0 Å². The Morgan fingerprint density at radius 2 is 2.11 bits per heavy atom. The third kappa shape index (κ3) is 4.41. The number of fused-ring (bicyclic) bond motifs is 1. The number of aromatic nitrogens is 2. The number of quaternary nitrogens is 1. The summed E-state index contributed by atoms with van der Waals surface area (Å²) in [6, 6.07) is 0. The quantitative estimate of drug-likeness (QED) is 0.736. The lowest BCUT2D eigenvalue weighted by atomic mass is 9.97. The first-order valence-electron chi connectivity index (χ1n) is 9.85. The first-order chi connectivity index (χ1) is 12.9. The number of esters is 1. The molecular formula is C20H30N3O3S+. The van der Waals surface area contributed by atoms with Crippen molar-refractivity contribution in [3.05, 3.63) is 26.6 Å². The molecule has 1 aliphatic heterocycles. The molecule has 1 fully saturated rings. The number of aromatic amines is 1. The second-order valence-electron chi connectivity index (χ2n) is 7.77. The zero-order valence-corrected chi connectivity index (χ0v) is 17.5. The maximum absolute atomic E-state index is 12.8. The highest BCUT2D eigenvalue weighted by Crippen LogP contribution is 2.29. The summed E-state index contributed by atoms with van der Waals surface area (Å²) in [5.74, 6) is 1.21. The van der Waals surface area contributed by atoms with Gasteiger partial charge in [-0.05, 0) is 24.8 Å². The van der Waals surface area contributed by atoms with Crippen LogP contribution in [0.2, 0.25) is 0 Å². The molecule has 27 heavy (non-hydrogen) atoms. The van der Waals surface area contributed by atoms with Crippen molar-refractivity contribution in [3.63, 3.8) is 0 Å². The number of ether oxygens (including phenoxy) is 1. The van der Waals surface area contributed by atoms with E-state index in [0.717, 1.165) is 60.4 Å². The largest absolute Gasteiger partial charge is 0.469 e. The normalized spacial score (nSPS) is 21.3. The van der Waals surface area contributed by atoms with Crippen LogP contribution in [0.3, 0.4) is 0 Å². The van der Waals surface area contributed by atoms with E-state index in [4.69, 9.17) is 9.72 Å². The van der Waals surface area contributed by atoms with Gasteiger partial charge in [-0.15, -0.1) is 11.3 Å². The van der Waals surface area contributed by atoms with E-state index in [-0.39, 0.29) is 17.4 Å². The summed E-state index contributed by atoms with van der Waals surface area (Å²) in [6.45, 7) is 8.97. The van der Waals surface area contributed by atoms with Gasteiger partial charge in [0.15, 0.2) is 5.82 Å². The van der Waals surface area contributed by atoms with Crippen molar-refractivity contribution < 1.29 is 14.4 Å². The van der Waals surface area contributed by atoms with Gasteiger partial charge in [0.05, 0.1) is 31.5 Å². The number of hydrogen-bond acceptors (Lipinski definition) is 5. The Kier molecular flexibility index (Phi) is 6.32. The Hall–Kier alpha value is -1.73. The number of methoxy groups -OCH3 is 1. The summed E-state index contributed by atoms with van der Waals surface area (Å²) in [4.78, 5) is 35.6. The van der Waals surface area contributed by atoms with Crippen molar-refractivity contribution in [2.75, 3.05) is 20.2 Å². The van der Waals surface area contributed by atoms with Crippen molar-refractivity contribution in [1.82, 2.24) is 9.97 Å². The molecule has 0 amide bonds. The summed E-state index contributed by atoms with van der Waals surface area (Å²) in [7, 11) is 1.45. The van der Waals surface area contributed by atoms with Gasteiger partial charge in [-0.1, -0.05) is 20.3 Å². The van der Waals surface area contributed by atoms with Crippen LogP contribution in [0.25, 0.3) is 10.2 Å². The number of nitrogens with zero attached hydrogens (tertiary/aromatic N) is 1. The average molecular weight is 393 g/mol. The maximum atomic E-state index is 12.8. The molecule has 2 aromatic rings. The third-order valence-corrected chi connectivity index (χ3v) is 6.85. The molecule has 0 aromatic carbocycles. The van der Waals surface area contributed by atoms with Crippen molar-refractivity contribution in [2.24, 2.45) is 11.8 Å². The fourth-order valence-electron chi connectivity index (χ4n) is 3.88. The Labute approximate surface area is 163 Å². The Morgan fingerprint density at radius 1 is 1.41 bits per heavy atom. The molecule has 0 unspecified atom stereocenters. The Balaban J connectivity index is 1.76. The van der Waals surface area contributed by atoms with Gasteiger partial charge in [0.25, 0.3) is 5.56 Å². The lowest BCUT2D eigenvalue weighted by molar-refractivity contribution is -0.920. The highest BCUT2D eigenvalue weighted by Gasteiger charge is 2.28. The number of hydrogen-bond donors (Lipinski definition) is 2. The fourth-order valence-corrected chi connectivity index (χ4v) is 4.96. The summed E-state index contributed by atoms with van der Waals surface area (Å²) in [5, 5.41) is 0.779. The first kappa shape index (κ1) is 20.0. The molecule has 7 heteroatoms. The monoisotopic (exact) mass is 392 g/mol. The summed E-state index contributed by atoms with van der Waals surface area (Å²) < 4.78 is 4.85. The molecule has 1 aliphatic rings. The van der Waals surface area contributed by atoms with Gasteiger partial charge < -0.3 is 14.6 Å². The van der Waals surface area contributed by atoms with E-state index >= 15 is 0 Å². The number of H-pyrrole nitrogens is 1. The van der Waals surface area contributed by atoms with Crippen LogP contribution in [0.1, 0.15) is 49.4 Å². The molecule has 0 aliphatic carbocycles. The minimum absolute atomic E-state index is 0.0105. The zero-order valence-electron chi connectivity index (χ0n) is 16.7. The van der Waals surface area contributed by atoms with E-state index < -0.39 is 0 Å². The molecule has 2 N–H and O–H groups in total. The number of piperidine rings is 1. The Morgan fingerprint density at radius 3 is 2.74 bits per heavy atom. The van der Waals surface area contributed by atoms with Crippen LogP contribution in [0, 0.1) is 18.8 Å². The van der Waals surface area contributed by atoms with Crippen LogP contribution in [-0.4, -0.2) is 36.1 Å². The smallest absolute Gasteiger partial charge is 0.309 e. The number of aryl methyl sites for hydroxylation is 1. The van der Waals surface area contributed by atoms with Gasteiger partial charge in [0, 0.05) is 17.7 Å². The fraction of sp³-hybridized carbons (Fsp3) is 0.650. The topological polar surface area (TPSA) is 76.5 Å². The van der Waals surface area contributed by atoms with E-state index in [1.165, 1.54) is 16.9 Å². The number of likely N-dealkylation sites (tertiary alicyclic amines) is 1. The summed E-state index contributed by atoms with van der Waals surface area (Å²) >= 11 is 1.63. The molecule has 0 bridgehead atoms. The van der Waals surface area contributed by atoms with Gasteiger partial charge in [-0.2, -0.15) is 0 Å². The van der Waals surface area contributed by atoms with Gasteiger partial charge in [-0.3, -0.25) is 9.59 Å². The first-order valence-corrected chi connectivity index (χ1v) is 10.7. The molecular weight excluding hydrogens is 362 g/mol. The predicted molar refractivity (Wildman–Crippen MR) is 107 cm³/mol. The number of carbonyl (C=O) groups excluding carboxylic acids is 1. The second-order valence-corrected chi connectivity index (χ2v) is 8.97. The van der Waals surface area contributed by atoms with Gasteiger partial charge >= 0.3 is 5.97 Å². The average Bonchev–Trinajstić information content (AvgIpc) is 2.97. The van der Waals surface area contributed by atoms with E-state index in [2.05, 4.69) is 25.8 Å². The molecule has 3 rings (SSSR count). The Bertz CT molecular complexity index is 865. The maximum Gasteiger partial charge on any atom is 0.309 e. The number of rotatable bonds is 6. The van der Waals surface area contributed by atoms with Gasteiger partial charge in [-0.25, -0.2) is 4.98 Å². The molecule has 0 spiro atoms. The van der Waals surface area contributed by atoms with E-state index in [1.807, 2.05) is 0 Å². The van der Waals surface area contributed by atoms with Crippen LogP contribution in [-0.2, 0) is 22.5 Å². The van der Waals surface area contributed by atoms with Crippen LogP contribution in [0.4, 0.5) is 0 Å². The van der Waals surface area contributed by atoms with Crippen molar-refractivity contribution in [2.45, 2.75) is 53.0 Å². The van der Waals surface area contributed by atoms with Gasteiger partial charge in [0.2, 0.25) is 0 Å². The molecule has 148 valence electrons. The number of nitrogens with one attached hydrogen (secondary N) is 2.